The molecular weight excluding hydrogens is 522 g/mol. The number of nitrogens with zero attached hydrogens (tertiary/aromatic N) is 1. The second-order valence-corrected chi connectivity index (χ2v) is 8.74. The quantitative estimate of drug-likeness (QED) is 0.120. The van der Waals surface area contributed by atoms with E-state index >= 15 is 0 Å². The van der Waals surface area contributed by atoms with Gasteiger partial charge in [-0.15, -0.1) is 0 Å². The Balaban J connectivity index is 1.65. The SMILES string of the molecule is N#C/C(=C\c1ccc(C(=O)C(OC(=O)c2ccccc2)C(OC(=O)c2ccccc2)C(=O)O)cc1)c1ccccc1. The number of Topliss-reactive ketones (excluding diaryl/α,β-unsaturated/α-hetero) is 1. The molecule has 1 N–H and O–H groups in total. The van der Waals surface area contributed by atoms with Crippen molar-refractivity contribution in [3.05, 3.63) is 143 Å². The van der Waals surface area contributed by atoms with Crippen LogP contribution in [0.2, 0.25) is 0 Å². The summed E-state index contributed by atoms with van der Waals surface area (Å²) >= 11 is 0. The van der Waals surface area contributed by atoms with Crippen molar-refractivity contribution in [1.29, 1.82) is 5.26 Å². The molecule has 0 saturated heterocycles. The first-order chi connectivity index (χ1) is 19.9. The van der Waals surface area contributed by atoms with Gasteiger partial charge >= 0.3 is 17.9 Å². The van der Waals surface area contributed by atoms with Gasteiger partial charge in [0.25, 0.3) is 0 Å². The van der Waals surface area contributed by atoms with E-state index in [2.05, 4.69) is 6.07 Å². The van der Waals surface area contributed by atoms with Crippen LogP contribution in [-0.2, 0) is 14.3 Å². The highest BCUT2D eigenvalue weighted by Crippen LogP contribution is 2.21. The van der Waals surface area contributed by atoms with Crippen molar-refractivity contribution in [3.8, 4) is 6.07 Å². The molecule has 0 fully saturated rings. The first kappa shape index (κ1) is 28.2. The number of esters is 2. The third-order valence-electron chi connectivity index (χ3n) is 5.98. The Hall–Kier alpha value is -5.81. The summed E-state index contributed by atoms with van der Waals surface area (Å²) in [5.74, 6) is -4.53. The van der Waals surface area contributed by atoms with Crippen molar-refractivity contribution in [2.75, 3.05) is 0 Å². The molecular formula is C33H23NO7. The van der Waals surface area contributed by atoms with Crippen LogP contribution >= 0.6 is 0 Å². The molecule has 0 radical (unpaired) electrons. The number of ketones is 1. The van der Waals surface area contributed by atoms with Crippen LogP contribution in [0.5, 0.6) is 0 Å². The average molecular weight is 546 g/mol. The molecule has 4 aromatic carbocycles. The standard InChI is InChI=1S/C33H23NO7/c34-21-27(23-10-4-1-5-11-23)20-22-16-18-24(19-17-22)28(35)29(40-32(38)25-12-6-2-7-13-25)30(31(36)37)41-33(39)26-14-8-3-9-15-26/h1-20,29-30H,(H,36,37)/b27-20+. The first-order valence-corrected chi connectivity index (χ1v) is 12.4. The summed E-state index contributed by atoms with van der Waals surface area (Å²) in [4.78, 5) is 51.4. The summed E-state index contributed by atoms with van der Waals surface area (Å²) in [5.41, 5.74) is 1.86. The van der Waals surface area contributed by atoms with E-state index in [4.69, 9.17) is 9.47 Å². The Morgan fingerprint density at radius 3 is 1.49 bits per heavy atom. The Kier molecular flexibility index (Phi) is 9.16. The summed E-state index contributed by atoms with van der Waals surface area (Å²) in [6, 6.07) is 32.5. The molecule has 0 aliphatic heterocycles. The first-order valence-electron chi connectivity index (χ1n) is 12.4. The lowest BCUT2D eigenvalue weighted by molar-refractivity contribution is -0.152. The smallest absolute Gasteiger partial charge is 0.349 e. The maximum atomic E-state index is 13.6. The molecule has 0 aliphatic carbocycles. The lowest BCUT2D eigenvalue weighted by atomic mass is 9.99. The zero-order chi connectivity index (χ0) is 29.2. The van der Waals surface area contributed by atoms with Crippen LogP contribution in [0.4, 0.5) is 0 Å². The molecule has 0 saturated carbocycles. The molecule has 0 aliphatic rings. The minimum absolute atomic E-state index is 0.00763. The lowest BCUT2D eigenvalue weighted by Gasteiger charge is -2.23. The molecule has 4 aromatic rings. The highest BCUT2D eigenvalue weighted by atomic mass is 16.6. The van der Waals surface area contributed by atoms with Crippen molar-refractivity contribution in [2.45, 2.75) is 12.2 Å². The molecule has 0 heterocycles. The van der Waals surface area contributed by atoms with E-state index in [0.29, 0.717) is 16.7 Å². The molecule has 0 amide bonds. The third-order valence-corrected chi connectivity index (χ3v) is 5.98. The maximum Gasteiger partial charge on any atom is 0.349 e. The van der Waals surface area contributed by atoms with Gasteiger partial charge < -0.3 is 14.6 Å². The number of carbonyl (C=O) groups excluding carboxylic acids is 3. The minimum atomic E-state index is -2.13. The van der Waals surface area contributed by atoms with Crippen molar-refractivity contribution in [2.24, 2.45) is 0 Å². The molecule has 2 unspecified atom stereocenters. The van der Waals surface area contributed by atoms with Gasteiger partial charge in [-0.2, -0.15) is 5.26 Å². The Bertz CT molecular complexity index is 1610. The van der Waals surface area contributed by atoms with Crippen LogP contribution in [0.1, 0.15) is 42.2 Å². The zero-order valence-corrected chi connectivity index (χ0v) is 21.5. The number of carbonyl (C=O) groups is 4. The summed E-state index contributed by atoms with van der Waals surface area (Å²) in [7, 11) is 0. The second kappa shape index (κ2) is 13.3. The number of carboxylic acid groups (broad SMARTS) is 1. The highest BCUT2D eigenvalue weighted by Gasteiger charge is 2.41. The van der Waals surface area contributed by atoms with Gasteiger partial charge in [-0.3, -0.25) is 4.79 Å². The number of nitriles is 1. The van der Waals surface area contributed by atoms with Crippen LogP contribution in [0.3, 0.4) is 0 Å². The summed E-state index contributed by atoms with van der Waals surface area (Å²) in [5, 5.41) is 19.5. The largest absolute Gasteiger partial charge is 0.478 e. The van der Waals surface area contributed by atoms with Gasteiger partial charge in [0.2, 0.25) is 18.0 Å². The van der Waals surface area contributed by atoms with Gasteiger partial charge in [-0.1, -0.05) is 91.0 Å². The number of hydrogen-bond acceptors (Lipinski definition) is 7. The topological polar surface area (TPSA) is 131 Å². The normalized spacial score (nSPS) is 12.3. The molecule has 8 nitrogen and oxygen atoms in total. The predicted octanol–water partition coefficient (Wildman–Crippen LogP) is 5.47. The maximum absolute atomic E-state index is 13.6. The molecule has 0 bridgehead atoms. The van der Waals surface area contributed by atoms with Crippen molar-refractivity contribution in [3.63, 3.8) is 0 Å². The monoisotopic (exact) mass is 545 g/mol. The van der Waals surface area contributed by atoms with Gasteiger partial charge in [0, 0.05) is 5.56 Å². The zero-order valence-electron chi connectivity index (χ0n) is 21.5. The highest BCUT2D eigenvalue weighted by molar-refractivity contribution is 6.05. The van der Waals surface area contributed by atoms with E-state index in [-0.39, 0.29) is 16.7 Å². The molecule has 2 atom stereocenters. The van der Waals surface area contributed by atoms with Gasteiger partial charge in [-0.05, 0) is 41.5 Å². The molecule has 0 spiro atoms. The Morgan fingerprint density at radius 1 is 0.610 bits per heavy atom. The van der Waals surface area contributed by atoms with Gasteiger partial charge in [-0.25, -0.2) is 14.4 Å². The Morgan fingerprint density at radius 2 is 1.05 bits per heavy atom. The van der Waals surface area contributed by atoms with Gasteiger partial charge in [0.1, 0.15) is 0 Å². The fraction of sp³-hybridized carbons (Fsp3) is 0.0606. The van der Waals surface area contributed by atoms with Crippen LogP contribution in [0, 0.1) is 11.3 Å². The molecule has 8 heteroatoms. The fourth-order valence-corrected chi connectivity index (χ4v) is 3.88. The molecule has 4 rings (SSSR count). The van der Waals surface area contributed by atoms with E-state index in [0.717, 1.165) is 0 Å². The number of ether oxygens (including phenoxy) is 2. The number of rotatable bonds is 10. The molecule has 41 heavy (non-hydrogen) atoms. The Labute approximate surface area is 235 Å². The van der Waals surface area contributed by atoms with E-state index in [1.165, 1.54) is 36.4 Å². The van der Waals surface area contributed by atoms with Crippen LogP contribution < -0.4 is 0 Å². The van der Waals surface area contributed by atoms with E-state index in [9.17, 15) is 29.5 Å². The van der Waals surface area contributed by atoms with Crippen molar-refractivity contribution in [1.82, 2.24) is 0 Å². The van der Waals surface area contributed by atoms with E-state index in [1.807, 2.05) is 18.2 Å². The number of carboxylic acids is 1. The molecule has 0 aromatic heterocycles. The van der Waals surface area contributed by atoms with Crippen molar-refractivity contribution >= 4 is 35.3 Å². The summed E-state index contributed by atoms with van der Waals surface area (Å²) < 4.78 is 10.6. The van der Waals surface area contributed by atoms with Crippen LogP contribution in [0.25, 0.3) is 11.6 Å². The fourth-order valence-electron chi connectivity index (χ4n) is 3.88. The van der Waals surface area contributed by atoms with Gasteiger partial charge in [0.05, 0.1) is 22.8 Å². The second-order valence-electron chi connectivity index (χ2n) is 8.74. The molecule has 202 valence electrons. The number of hydrogen-bond donors (Lipinski definition) is 1. The number of benzene rings is 4. The lowest BCUT2D eigenvalue weighted by Crippen LogP contribution is -2.46. The third kappa shape index (κ3) is 7.19. The minimum Gasteiger partial charge on any atom is -0.478 e. The number of allylic oxidation sites excluding steroid dienone is 1. The summed E-state index contributed by atoms with van der Waals surface area (Å²) in [6.45, 7) is 0. The average Bonchev–Trinajstić information content (AvgIpc) is 3.02. The predicted molar refractivity (Wildman–Crippen MR) is 150 cm³/mol. The van der Waals surface area contributed by atoms with E-state index < -0.39 is 35.9 Å². The van der Waals surface area contributed by atoms with Crippen molar-refractivity contribution < 1.29 is 33.8 Å². The van der Waals surface area contributed by atoms with Crippen LogP contribution in [-0.4, -0.2) is 41.0 Å². The van der Waals surface area contributed by atoms with Crippen LogP contribution in [0.15, 0.2) is 115 Å². The number of aliphatic carboxylic acids is 1. The van der Waals surface area contributed by atoms with E-state index in [1.54, 1.807) is 66.7 Å². The summed E-state index contributed by atoms with van der Waals surface area (Å²) in [6.07, 6.45) is -2.49. The van der Waals surface area contributed by atoms with Gasteiger partial charge in [0.15, 0.2) is 0 Å².